The monoisotopic (exact) mass is 404 g/mol. The second-order valence-corrected chi connectivity index (χ2v) is 7.86. The van der Waals surface area contributed by atoms with E-state index >= 15 is 0 Å². The molecule has 0 N–H and O–H groups in total. The fourth-order valence-electron chi connectivity index (χ4n) is 4.18. The maximum Gasteiger partial charge on any atom is 0.246 e. The summed E-state index contributed by atoms with van der Waals surface area (Å²) in [5.41, 5.74) is 2.18. The average Bonchev–Trinajstić information content (AvgIpc) is 2.83. The van der Waals surface area contributed by atoms with Crippen molar-refractivity contribution >= 4 is 23.6 Å². The van der Waals surface area contributed by atoms with Crippen LogP contribution in [0.1, 0.15) is 18.4 Å². The van der Waals surface area contributed by atoms with Crippen molar-refractivity contribution in [2.75, 3.05) is 44.2 Å². The molecule has 30 heavy (non-hydrogen) atoms. The van der Waals surface area contributed by atoms with Crippen molar-refractivity contribution in [2.24, 2.45) is 5.92 Å². The molecule has 2 aliphatic heterocycles. The molecule has 0 saturated carbocycles. The van der Waals surface area contributed by atoms with E-state index in [9.17, 15) is 9.59 Å². The van der Waals surface area contributed by atoms with Crippen molar-refractivity contribution in [2.45, 2.75) is 12.8 Å². The summed E-state index contributed by atoms with van der Waals surface area (Å²) in [6, 6.07) is 13.8. The van der Waals surface area contributed by atoms with Crippen molar-refractivity contribution < 1.29 is 9.59 Å². The van der Waals surface area contributed by atoms with E-state index in [1.807, 2.05) is 58.3 Å². The molecule has 0 atom stereocenters. The fraction of sp³-hybridized carbons (Fsp3) is 0.375. The van der Waals surface area contributed by atoms with Crippen LogP contribution < -0.4 is 4.90 Å². The molecule has 2 aliphatic rings. The van der Waals surface area contributed by atoms with Crippen molar-refractivity contribution in [3.8, 4) is 0 Å². The topological polar surface area (TPSA) is 56.8 Å². The van der Waals surface area contributed by atoms with Gasteiger partial charge in [0.25, 0.3) is 0 Å². The molecule has 1 aromatic heterocycles. The SMILES string of the molecule is O=C(/C=C/c1ccccc1)N1CCC(C(=O)N2CCN(c3ccncc3)CC2)CC1. The van der Waals surface area contributed by atoms with E-state index in [1.165, 1.54) is 0 Å². The number of pyridine rings is 1. The number of hydrogen-bond acceptors (Lipinski definition) is 4. The maximum absolute atomic E-state index is 13.0. The summed E-state index contributed by atoms with van der Waals surface area (Å²) in [6.45, 7) is 4.48. The summed E-state index contributed by atoms with van der Waals surface area (Å²) in [5.74, 6) is 0.298. The summed E-state index contributed by atoms with van der Waals surface area (Å²) in [4.78, 5) is 35.6. The van der Waals surface area contributed by atoms with Crippen LogP contribution in [-0.2, 0) is 9.59 Å². The minimum Gasteiger partial charge on any atom is -0.368 e. The Kier molecular flexibility index (Phi) is 6.42. The van der Waals surface area contributed by atoms with Gasteiger partial charge in [-0.15, -0.1) is 0 Å². The molecular formula is C24H28N4O2. The van der Waals surface area contributed by atoms with Crippen LogP contribution in [0.5, 0.6) is 0 Å². The first-order valence-electron chi connectivity index (χ1n) is 10.7. The number of piperazine rings is 1. The van der Waals surface area contributed by atoms with Gasteiger partial charge in [-0.05, 0) is 36.6 Å². The summed E-state index contributed by atoms with van der Waals surface area (Å²) in [6.07, 6.45) is 8.58. The summed E-state index contributed by atoms with van der Waals surface area (Å²) >= 11 is 0. The minimum atomic E-state index is 0.0238. The zero-order valence-electron chi connectivity index (χ0n) is 17.2. The normalized spacial score (nSPS) is 18.1. The summed E-state index contributed by atoms with van der Waals surface area (Å²) in [5, 5.41) is 0. The highest BCUT2D eigenvalue weighted by atomic mass is 16.2. The van der Waals surface area contributed by atoms with E-state index in [0.717, 1.165) is 50.3 Å². The number of piperidine rings is 1. The molecule has 2 saturated heterocycles. The first-order valence-corrected chi connectivity index (χ1v) is 10.7. The molecule has 0 unspecified atom stereocenters. The predicted molar refractivity (Wildman–Crippen MR) is 118 cm³/mol. The van der Waals surface area contributed by atoms with Crippen molar-refractivity contribution in [3.63, 3.8) is 0 Å². The number of likely N-dealkylation sites (tertiary alicyclic amines) is 1. The van der Waals surface area contributed by atoms with Gasteiger partial charge < -0.3 is 14.7 Å². The standard InChI is InChI=1S/C24H28N4O2/c29-23(7-6-20-4-2-1-3-5-20)27-14-10-21(11-15-27)24(30)28-18-16-26(17-19-28)22-8-12-25-13-9-22/h1-9,12-13,21H,10-11,14-19H2/b7-6+. The number of carbonyl (C=O) groups is 2. The zero-order chi connectivity index (χ0) is 20.8. The van der Waals surface area contributed by atoms with Crippen LogP contribution in [0.4, 0.5) is 5.69 Å². The van der Waals surface area contributed by atoms with Gasteiger partial charge in [-0.25, -0.2) is 0 Å². The van der Waals surface area contributed by atoms with Crippen LogP contribution >= 0.6 is 0 Å². The van der Waals surface area contributed by atoms with Gasteiger partial charge in [-0.2, -0.15) is 0 Å². The van der Waals surface area contributed by atoms with Crippen molar-refractivity contribution in [1.82, 2.24) is 14.8 Å². The van der Waals surface area contributed by atoms with E-state index in [1.54, 1.807) is 18.5 Å². The number of carbonyl (C=O) groups excluding carboxylic acids is 2. The predicted octanol–water partition coefficient (Wildman–Crippen LogP) is 2.68. The molecule has 2 fully saturated rings. The number of benzene rings is 1. The van der Waals surface area contributed by atoms with Gasteiger partial charge >= 0.3 is 0 Å². The zero-order valence-corrected chi connectivity index (χ0v) is 17.2. The second-order valence-electron chi connectivity index (χ2n) is 7.86. The Hall–Kier alpha value is -3.15. The Morgan fingerprint density at radius 3 is 2.17 bits per heavy atom. The maximum atomic E-state index is 13.0. The molecule has 2 aromatic rings. The molecule has 0 bridgehead atoms. The van der Waals surface area contributed by atoms with Gasteiger partial charge in [0.05, 0.1) is 0 Å². The Morgan fingerprint density at radius 1 is 0.833 bits per heavy atom. The highest BCUT2D eigenvalue weighted by Crippen LogP contribution is 2.22. The Balaban J connectivity index is 1.24. The van der Waals surface area contributed by atoms with E-state index in [0.29, 0.717) is 13.1 Å². The molecular weight excluding hydrogens is 376 g/mol. The van der Waals surface area contributed by atoms with E-state index in [4.69, 9.17) is 0 Å². The van der Waals surface area contributed by atoms with Crippen LogP contribution in [0.25, 0.3) is 6.08 Å². The lowest BCUT2D eigenvalue weighted by Crippen LogP contribution is -2.52. The molecule has 2 amide bonds. The molecule has 0 aliphatic carbocycles. The largest absolute Gasteiger partial charge is 0.368 e. The van der Waals surface area contributed by atoms with Crippen LogP contribution in [0.2, 0.25) is 0 Å². The quantitative estimate of drug-likeness (QED) is 0.736. The number of anilines is 1. The third-order valence-electron chi connectivity index (χ3n) is 5.99. The van der Waals surface area contributed by atoms with Crippen LogP contribution in [-0.4, -0.2) is 65.9 Å². The van der Waals surface area contributed by atoms with Gasteiger partial charge in [0, 0.05) is 69.3 Å². The minimum absolute atomic E-state index is 0.0238. The molecule has 6 nitrogen and oxygen atoms in total. The smallest absolute Gasteiger partial charge is 0.246 e. The molecule has 1 aromatic carbocycles. The van der Waals surface area contributed by atoms with Gasteiger partial charge in [-0.3, -0.25) is 14.6 Å². The molecule has 0 radical (unpaired) electrons. The lowest BCUT2D eigenvalue weighted by atomic mass is 9.95. The van der Waals surface area contributed by atoms with E-state index < -0.39 is 0 Å². The lowest BCUT2D eigenvalue weighted by molar-refractivity contribution is -0.139. The molecule has 3 heterocycles. The van der Waals surface area contributed by atoms with Crippen molar-refractivity contribution in [3.05, 3.63) is 66.5 Å². The number of nitrogens with zero attached hydrogens (tertiary/aromatic N) is 4. The first kappa shape index (κ1) is 20.1. The molecule has 4 rings (SSSR count). The lowest BCUT2D eigenvalue weighted by Gasteiger charge is -2.39. The Labute approximate surface area is 177 Å². The van der Waals surface area contributed by atoms with E-state index in [-0.39, 0.29) is 17.7 Å². The number of rotatable bonds is 4. The molecule has 6 heteroatoms. The number of amides is 2. The highest BCUT2D eigenvalue weighted by Gasteiger charge is 2.31. The third kappa shape index (κ3) is 4.87. The summed E-state index contributed by atoms with van der Waals surface area (Å²) < 4.78 is 0. The van der Waals surface area contributed by atoms with Crippen LogP contribution in [0.3, 0.4) is 0 Å². The van der Waals surface area contributed by atoms with E-state index in [2.05, 4.69) is 9.88 Å². The number of aromatic nitrogens is 1. The third-order valence-corrected chi connectivity index (χ3v) is 5.99. The number of hydrogen-bond donors (Lipinski definition) is 0. The average molecular weight is 405 g/mol. The van der Waals surface area contributed by atoms with Crippen LogP contribution in [0, 0.1) is 5.92 Å². The van der Waals surface area contributed by atoms with Gasteiger partial charge in [0.2, 0.25) is 11.8 Å². The molecule has 0 spiro atoms. The fourth-order valence-corrected chi connectivity index (χ4v) is 4.18. The van der Waals surface area contributed by atoms with Crippen molar-refractivity contribution in [1.29, 1.82) is 0 Å². The van der Waals surface area contributed by atoms with Gasteiger partial charge in [0.1, 0.15) is 0 Å². The Bertz CT molecular complexity index is 869. The van der Waals surface area contributed by atoms with Gasteiger partial charge in [0.15, 0.2) is 0 Å². The van der Waals surface area contributed by atoms with Gasteiger partial charge in [-0.1, -0.05) is 30.3 Å². The highest BCUT2D eigenvalue weighted by molar-refractivity contribution is 5.92. The second kappa shape index (κ2) is 9.57. The molecule has 156 valence electrons. The Morgan fingerprint density at radius 2 is 1.50 bits per heavy atom. The summed E-state index contributed by atoms with van der Waals surface area (Å²) in [7, 11) is 0. The first-order chi connectivity index (χ1) is 14.7. The van der Waals surface area contributed by atoms with Crippen LogP contribution in [0.15, 0.2) is 60.9 Å².